The Morgan fingerprint density at radius 2 is 1.56 bits per heavy atom. The summed E-state index contributed by atoms with van der Waals surface area (Å²) in [6.45, 7) is 1.89. The fraction of sp³-hybridized carbons (Fsp3) is 0.156. The van der Waals surface area contributed by atoms with E-state index in [9.17, 15) is 9.90 Å². The van der Waals surface area contributed by atoms with Crippen LogP contribution in [0.25, 0.3) is 33.7 Å². The van der Waals surface area contributed by atoms with Crippen LogP contribution in [-0.4, -0.2) is 28.3 Å². The summed E-state index contributed by atoms with van der Waals surface area (Å²) in [5, 5.41) is 17.1. The highest BCUT2D eigenvalue weighted by atomic mass is 16.5. The molecular weight excluding hydrogens is 490 g/mol. The molecule has 3 aromatic carbocycles. The zero-order valence-corrected chi connectivity index (χ0v) is 21.6. The van der Waals surface area contributed by atoms with E-state index in [1.54, 1.807) is 7.11 Å². The largest absolute Gasteiger partial charge is 0.496 e. The number of methoxy groups -OCH3 is 1. The Kier molecular flexibility index (Phi) is 6.11. The first kappa shape index (κ1) is 24.4. The van der Waals surface area contributed by atoms with Crippen molar-refractivity contribution in [1.29, 1.82) is 0 Å². The number of hydrogen-bond acceptors (Lipinski definition) is 6. The molecule has 1 saturated carbocycles. The number of carboxylic acid groups (broad SMARTS) is 1. The molecule has 0 radical (unpaired) electrons. The molecule has 0 saturated heterocycles. The molecule has 1 aliphatic rings. The molecule has 0 bridgehead atoms. The second-order valence-electron chi connectivity index (χ2n) is 9.75. The highest BCUT2D eigenvalue weighted by Gasteiger charge is 2.51. The van der Waals surface area contributed by atoms with Crippen LogP contribution in [0.2, 0.25) is 0 Å². The van der Waals surface area contributed by atoms with Gasteiger partial charge in [0.15, 0.2) is 5.76 Å². The number of carbonyl (C=O) groups is 1. The lowest BCUT2D eigenvalue weighted by Crippen LogP contribution is -2.19. The van der Waals surface area contributed by atoms with Crippen LogP contribution in [-0.2, 0) is 10.2 Å². The Hall–Kier alpha value is -4.91. The Balaban J connectivity index is 1.24. The summed E-state index contributed by atoms with van der Waals surface area (Å²) in [4.78, 5) is 16.4. The average Bonchev–Trinajstić information content (AvgIpc) is 3.72. The second kappa shape index (κ2) is 9.76. The summed E-state index contributed by atoms with van der Waals surface area (Å²) in [7, 11) is 1.65. The van der Waals surface area contributed by atoms with Crippen molar-refractivity contribution in [2.24, 2.45) is 0 Å². The van der Waals surface area contributed by atoms with Crippen LogP contribution in [0.15, 0.2) is 95.5 Å². The summed E-state index contributed by atoms with van der Waals surface area (Å²) >= 11 is 0. The predicted octanol–water partition coefficient (Wildman–Crippen LogP) is 7.25. The van der Waals surface area contributed by atoms with Gasteiger partial charge in [-0.25, -0.2) is 4.98 Å². The molecule has 0 spiro atoms. The smallest absolute Gasteiger partial charge is 0.314 e. The first-order chi connectivity index (χ1) is 19.0. The van der Waals surface area contributed by atoms with Gasteiger partial charge in [0.2, 0.25) is 0 Å². The number of aromatic nitrogens is 2. The number of nitrogens with zero attached hydrogens (tertiary/aromatic N) is 2. The fourth-order valence-electron chi connectivity index (χ4n) is 4.90. The molecule has 5 aromatic rings. The quantitative estimate of drug-likeness (QED) is 0.224. The third-order valence-corrected chi connectivity index (χ3v) is 7.33. The zero-order valence-electron chi connectivity index (χ0n) is 21.6. The number of benzene rings is 3. The third-order valence-electron chi connectivity index (χ3n) is 7.33. The minimum Gasteiger partial charge on any atom is -0.496 e. The topological polar surface area (TPSA) is 97.5 Å². The van der Waals surface area contributed by atoms with Gasteiger partial charge in [0, 0.05) is 11.1 Å². The highest BCUT2D eigenvalue weighted by molar-refractivity contribution is 5.85. The molecule has 0 aliphatic heterocycles. The van der Waals surface area contributed by atoms with Crippen molar-refractivity contribution in [3.05, 3.63) is 102 Å². The van der Waals surface area contributed by atoms with Gasteiger partial charge in [-0.05, 0) is 60.7 Å². The van der Waals surface area contributed by atoms with Gasteiger partial charge in [0.1, 0.15) is 22.9 Å². The molecule has 2 heterocycles. The van der Waals surface area contributed by atoms with E-state index < -0.39 is 11.4 Å². The number of hydrogen-bond donors (Lipinski definition) is 2. The van der Waals surface area contributed by atoms with Crippen molar-refractivity contribution in [3.8, 4) is 39.5 Å². The maximum Gasteiger partial charge on any atom is 0.314 e. The van der Waals surface area contributed by atoms with Gasteiger partial charge in [-0.2, -0.15) is 0 Å². The first-order valence-electron chi connectivity index (χ1n) is 12.8. The summed E-state index contributed by atoms with van der Waals surface area (Å²) in [6.07, 6.45) is 1.40. The van der Waals surface area contributed by atoms with Crippen LogP contribution in [0.4, 0.5) is 11.5 Å². The second-order valence-corrected chi connectivity index (χ2v) is 9.75. The molecule has 0 atom stereocenters. The van der Waals surface area contributed by atoms with Crippen LogP contribution >= 0.6 is 0 Å². The summed E-state index contributed by atoms with van der Waals surface area (Å²) in [5.41, 5.74) is 6.27. The van der Waals surface area contributed by atoms with Gasteiger partial charge in [-0.1, -0.05) is 71.9 Å². The lowest BCUT2D eigenvalue weighted by molar-refractivity contribution is -0.140. The zero-order chi connectivity index (χ0) is 27.0. The van der Waals surface area contributed by atoms with Crippen LogP contribution < -0.4 is 10.1 Å². The lowest BCUT2D eigenvalue weighted by atomic mass is 9.93. The molecule has 1 fully saturated rings. The number of para-hydroxylation sites is 1. The third kappa shape index (κ3) is 4.52. The van der Waals surface area contributed by atoms with E-state index in [0.717, 1.165) is 50.6 Å². The standard InChI is InChI=1S/C32H27N3O4/c1-20-29(34-28-9-5-7-26(33-28)25-6-3-4-8-27(25)38-2)30(39-35-20)23-12-10-21(11-13-23)22-14-16-24(17-15-22)32(18-19-32)31(36)37/h3-17H,18-19H2,1-2H3,(H,33,34)(H,36,37). The number of aliphatic carboxylic acids is 1. The molecule has 7 heteroatoms. The fourth-order valence-corrected chi connectivity index (χ4v) is 4.90. The minimum atomic E-state index is -0.743. The van der Waals surface area contributed by atoms with Crippen molar-refractivity contribution in [2.75, 3.05) is 12.4 Å². The number of aryl methyl sites for hydroxylation is 1. The molecule has 2 aromatic heterocycles. The van der Waals surface area contributed by atoms with E-state index in [-0.39, 0.29) is 0 Å². The van der Waals surface area contributed by atoms with Crippen LogP contribution in [0.3, 0.4) is 0 Å². The maximum absolute atomic E-state index is 11.6. The van der Waals surface area contributed by atoms with E-state index in [1.165, 1.54) is 0 Å². The molecule has 6 rings (SSSR count). The maximum atomic E-state index is 11.6. The highest BCUT2D eigenvalue weighted by Crippen LogP contribution is 2.48. The van der Waals surface area contributed by atoms with E-state index in [2.05, 4.69) is 10.5 Å². The molecule has 39 heavy (non-hydrogen) atoms. The molecule has 2 N–H and O–H groups in total. The molecule has 194 valence electrons. The van der Waals surface area contributed by atoms with Crippen molar-refractivity contribution in [3.63, 3.8) is 0 Å². The number of pyridine rings is 1. The van der Waals surface area contributed by atoms with Crippen molar-refractivity contribution < 1.29 is 19.2 Å². The number of ether oxygens (including phenoxy) is 1. The molecule has 0 amide bonds. The molecular formula is C32H27N3O4. The number of nitrogens with one attached hydrogen (secondary N) is 1. The lowest BCUT2D eigenvalue weighted by Gasteiger charge is -2.11. The van der Waals surface area contributed by atoms with E-state index >= 15 is 0 Å². The summed E-state index contributed by atoms with van der Waals surface area (Å²) < 4.78 is 11.2. The van der Waals surface area contributed by atoms with Gasteiger partial charge in [-0.15, -0.1) is 0 Å². The Bertz CT molecular complexity index is 1650. The van der Waals surface area contributed by atoms with Crippen molar-refractivity contribution in [2.45, 2.75) is 25.2 Å². The monoisotopic (exact) mass is 517 g/mol. The normalized spacial score (nSPS) is 13.6. The van der Waals surface area contributed by atoms with Gasteiger partial charge in [0.25, 0.3) is 0 Å². The predicted molar refractivity (Wildman–Crippen MR) is 150 cm³/mol. The molecule has 0 unspecified atom stereocenters. The Morgan fingerprint density at radius 1 is 0.897 bits per heavy atom. The van der Waals surface area contributed by atoms with Crippen LogP contribution in [0.1, 0.15) is 24.1 Å². The van der Waals surface area contributed by atoms with E-state index in [0.29, 0.717) is 24.4 Å². The average molecular weight is 518 g/mol. The molecule has 7 nitrogen and oxygen atoms in total. The number of rotatable bonds is 8. The van der Waals surface area contributed by atoms with Crippen molar-refractivity contribution >= 4 is 17.5 Å². The van der Waals surface area contributed by atoms with Gasteiger partial charge < -0.3 is 19.7 Å². The number of carboxylic acids is 1. The van der Waals surface area contributed by atoms with Crippen LogP contribution in [0, 0.1) is 6.92 Å². The van der Waals surface area contributed by atoms with E-state index in [1.807, 2.05) is 97.9 Å². The van der Waals surface area contributed by atoms with Gasteiger partial charge in [-0.3, -0.25) is 4.79 Å². The SMILES string of the molecule is COc1ccccc1-c1cccc(Nc2c(C)noc2-c2ccc(-c3ccc(C4(C(=O)O)CC4)cc3)cc2)n1. The Labute approximate surface area is 226 Å². The van der Waals surface area contributed by atoms with Crippen LogP contribution in [0.5, 0.6) is 5.75 Å². The summed E-state index contributed by atoms with van der Waals surface area (Å²) in [6, 6.07) is 29.4. The molecule has 1 aliphatic carbocycles. The number of anilines is 2. The van der Waals surface area contributed by atoms with Gasteiger partial charge in [0.05, 0.1) is 18.2 Å². The first-order valence-corrected chi connectivity index (χ1v) is 12.8. The van der Waals surface area contributed by atoms with Gasteiger partial charge >= 0.3 is 5.97 Å². The van der Waals surface area contributed by atoms with E-state index in [4.69, 9.17) is 14.2 Å². The minimum absolute atomic E-state index is 0.621. The summed E-state index contributed by atoms with van der Waals surface area (Å²) in [5.74, 6) is 1.30. The Morgan fingerprint density at radius 3 is 2.23 bits per heavy atom. The van der Waals surface area contributed by atoms with Crippen molar-refractivity contribution in [1.82, 2.24) is 10.1 Å².